The lowest BCUT2D eigenvalue weighted by molar-refractivity contribution is -0.269. The highest BCUT2D eigenvalue weighted by Crippen LogP contribution is 2.20. The standard InChI is InChI=1S/C9H16O7/c10-5-1-13-3-15-8(5)7(12)9-6(11)2-14-4-16-9/h5-12H,1-4H2. The number of ether oxygens (including phenoxy) is 4. The van der Waals surface area contributed by atoms with Crippen molar-refractivity contribution in [2.75, 3.05) is 26.8 Å². The van der Waals surface area contributed by atoms with Crippen LogP contribution in [0.1, 0.15) is 0 Å². The van der Waals surface area contributed by atoms with Crippen molar-refractivity contribution in [1.82, 2.24) is 0 Å². The average molecular weight is 236 g/mol. The van der Waals surface area contributed by atoms with E-state index < -0.39 is 30.5 Å². The molecule has 2 saturated heterocycles. The Bertz CT molecular complexity index is 202. The fourth-order valence-electron chi connectivity index (χ4n) is 1.84. The summed E-state index contributed by atoms with van der Waals surface area (Å²) in [4.78, 5) is 0. The van der Waals surface area contributed by atoms with Crippen LogP contribution in [0, 0.1) is 0 Å². The van der Waals surface area contributed by atoms with Crippen LogP contribution in [0.5, 0.6) is 0 Å². The monoisotopic (exact) mass is 236 g/mol. The first-order valence-electron chi connectivity index (χ1n) is 5.13. The number of hydrogen-bond donors (Lipinski definition) is 3. The fourth-order valence-corrected chi connectivity index (χ4v) is 1.84. The van der Waals surface area contributed by atoms with Crippen LogP contribution in [0.15, 0.2) is 0 Å². The maximum Gasteiger partial charge on any atom is 0.147 e. The Hall–Kier alpha value is -0.280. The van der Waals surface area contributed by atoms with Gasteiger partial charge < -0.3 is 34.3 Å². The number of hydrogen-bond acceptors (Lipinski definition) is 7. The molecule has 0 bridgehead atoms. The molecule has 2 aliphatic rings. The van der Waals surface area contributed by atoms with E-state index in [2.05, 4.69) is 0 Å². The van der Waals surface area contributed by atoms with Gasteiger partial charge in [-0.2, -0.15) is 0 Å². The minimum atomic E-state index is -1.11. The molecule has 0 saturated carbocycles. The SMILES string of the molecule is OC1COCOC1C(O)C1OCOCC1O. The molecular weight excluding hydrogens is 220 g/mol. The van der Waals surface area contributed by atoms with Gasteiger partial charge in [0.2, 0.25) is 0 Å². The zero-order valence-corrected chi connectivity index (χ0v) is 8.69. The Labute approximate surface area is 92.5 Å². The van der Waals surface area contributed by atoms with E-state index >= 15 is 0 Å². The molecule has 0 aromatic rings. The third-order valence-electron chi connectivity index (χ3n) is 2.70. The molecule has 7 heteroatoms. The lowest BCUT2D eigenvalue weighted by Crippen LogP contribution is -2.56. The molecule has 16 heavy (non-hydrogen) atoms. The summed E-state index contributed by atoms with van der Waals surface area (Å²) in [5.74, 6) is 0. The van der Waals surface area contributed by atoms with Crippen molar-refractivity contribution < 1.29 is 34.3 Å². The van der Waals surface area contributed by atoms with Gasteiger partial charge in [0.25, 0.3) is 0 Å². The van der Waals surface area contributed by atoms with Gasteiger partial charge >= 0.3 is 0 Å². The fraction of sp³-hybridized carbons (Fsp3) is 1.00. The molecule has 0 amide bonds. The molecule has 0 radical (unpaired) electrons. The Balaban J connectivity index is 1.96. The molecule has 2 rings (SSSR count). The zero-order valence-electron chi connectivity index (χ0n) is 8.69. The highest BCUT2D eigenvalue weighted by molar-refractivity contribution is 4.88. The number of aliphatic hydroxyl groups is 3. The third kappa shape index (κ3) is 2.51. The van der Waals surface area contributed by atoms with Crippen LogP contribution in [0.25, 0.3) is 0 Å². The molecule has 0 spiro atoms. The van der Waals surface area contributed by atoms with Crippen molar-refractivity contribution in [3.8, 4) is 0 Å². The van der Waals surface area contributed by atoms with Gasteiger partial charge in [-0.25, -0.2) is 0 Å². The predicted octanol–water partition coefficient (Wildman–Crippen LogP) is -2.19. The summed E-state index contributed by atoms with van der Waals surface area (Å²) in [6.07, 6.45) is -4.60. The van der Waals surface area contributed by atoms with E-state index in [9.17, 15) is 15.3 Å². The van der Waals surface area contributed by atoms with Crippen LogP contribution in [-0.2, 0) is 18.9 Å². The second-order valence-electron chi connectivity index (χ2n) is 3.87. The summed E-state index contributed by atoms with van der Waals surface area (Å²) in [7, 11) is 0. The average Bonchev–Trinajstić information content (AvgIpc) is 2.29. The van der Waals surface area contributed by atoms with Crippen LogP contribution in [0.2, 0.25) is 0 Å². The quantitative estimate of drug-likeness (QED) is 0.501. The van der Waals surface area contributed by atoms with E-state index in [-0.39, 0.29) is 26.8 Å². The highest BCUT2D eigenvalue weighted by Gasteiger charge is 2.41. The molecule has 0 aromatic heterocycles. The predicted molar refractivity (Wildman–Crippen MR) is 49.4 cm³/mol. The van der Waals surface area contributed by atoms with E-state index in [0.29, 0.717) is 0 Å². The van der Waals surface area contributed by atoms with Crippen molar-refractivity contribution in [3.63, 3.8) is 0 Å². The maximum absolute atomic E-state index is 9.96. The highest BCUT2D eigenvalue weighted by atomic mass is 16.7. The number of aliphatic hydroxyl groups excluding tert-OH is 3. The molecule has 2 heterocycles. The lowest BCUT2D eigenvalue weighted by Gasteiger charge is -2.38. The molecule has 94 valence electrons. The molecule has 7 nitrogen and oxygen atoms in total. The summed E-state index contributed by atoms with van der Waals surface area (Å²) in [6.45, 7) is 0.221. The minimum absolute atomic E-state index is 0.0120. The smallest absolute Gasteiger partial charge is 0.147 e. The van der Waals surface area contributed by atoms with Crippen LogP contribution in [0.3, 0.4) is 0 Å². The van der Waals surface area contributed by atoms with Crippen molar-refractivity contribution in [3.05, 3.63) is 0 Å². The van der Waals surface area contributed by atoms with Gasteiger partial charge in [0.15, 0.2) is 0 Å². The topological polar surface area (TPSA) is 97.6 Å². The first kappa shape index (κ1) is 12.2. The van der Waals surface area contributed by atoms with E-state index in [4.69, 9.17) is 18.9 Å². The second-order valence-corrected chi connectivity index (χ2v) is 3.87. The summed E-state index contributed by atoms with van der Waals surface area (Å²) in [5, 5.41) is 29.1. The van der Waals surface area contributed by atoms with Gasteiger partial charge in [-0.05, 0) is 0 Å². The molecule has 2 fully saturated rings. The minimum Gasteiger partial charge on any atom is -0.388 e. The van der Waals surface area contributed by atoms with Gasteiger partial charge in [-0.15, -0.1) is 0 Å². The Kier molecular flexibility index (Phi) is 4.09. The van der Waals surface area contributed by atoms with Crippen LogP contribution < -0.4 is 0 Å². The maximum atomic E-state index is 9.96. The lowest BCUT2D eigenvalue weighted by atomic mass is 9.98. The second kappa shape index (κ2) is 5.37. The molecule has 4 unspecified atom stereocenters. The van der Waals surface area contributed by atoms with E-state index in [1.165, 1.54) is 0 Å². The molecule has 0 aliphatic carbocycles. The Morgan fingerprint density at radius 2 is 1.31 bits per heavy atom. The summed E-state index contributed by atoms with van der Waals surface area (Å²) in [6, 6.07) is 0. The van der Waals surface area contributed by atoms with E-state index in [1.54, 1.807) is 0 Å². The zero-order chi connectivity index (χ0) is 11.5. The third-order valence-corrected chi connectivity index (χ3v) is 2.70. The van der Waals surface area contributed by atoms with Crippen molar-refractivity contribution in [2.45, 2.75) is 30.5 Å². The van der Waals surface area contributed by atoms with Gasteiger partial charge in [0.1, 0.15) is 44.1 Å². The molecule has 0 aromatic carbocycles. The summed E-state index contributed by atoms with van der Waals surface area (Å²) >= 11 is 0. The van der Waals surface area contributed by atoms with Crippen molar-refractivity contribution in [2.24, 2.45) is 0 Å². The van der Waals surface area contributed by atoms with Gasteiger partial charge in [0.05, 0.1) is 13.2 Å². The van der Waals surface area contributed by atoms with Gasteiger partial charge in [0, 0.05) is 0 Å². The van der Waals surface area contributed by atoms with Crippen LogP contribution in [-0.4, -0.2) is 72.6 Å². The van der Waals surface area contributed by atoms with Crippen molar-refractivity contribution in [1.29, 1.82) is 0 Å². The van der Waals surface area contributed by atoms with E-state index in [0.717, 1.165) is 0 Å². The van der Waals surface area contributed by atoms with E-state index in [1.807, 2.05) is 0 Å². The molecule has 2 aliphatic heterocycles. The van der Waals surface area contributed by atoms with Crippen molar-refractivity contribution >= 4 is 0 Å². The number of rotatable bonds is 2. The summed E-state index contributed by atoms with van der Waals surface area (Å²) in [5.41, 5.74) is 0. The molecular formula is C9H16O7. The molecule has 3 N–H and O–H groups in total. The Morgan fingerprint density at radius 1 is 0.875 bits per heavy atom. The van der Waals surface area contributed by atoms with Crippen LogP contribution >= 0.6 is 0 Å². The first-order chi connectivity index (χ1) is 7.70. The largest absolute Gasteiger partial charge is 0.388 e. The molecule has 4 atom stereocenters. The normalized spacial score (nSPS) is 42.9. The first-order valence-corrected chi connectivity index (χ1v) is 5.13. The Morgan fingerprint density at radius 3 is 1.69 bits per heavy atom. The summed E-state index contributed by atoms with van der Waals surface area (Å²) < 4.78 is 19.9. The van der Waals surface area contributed by atoms with Gasteiger partial charge in [-0.1, -0.05) is 0 Å². The van der Waals surface area contributed by atoms with Gasteiger partial charge in [-0.3, -0.25) is 0 Å². The van der Waals surface area contributed by atoms with Crippen LogP contribution in [0.4, 0.5) is 0 Å².